The van der Waals surface area contributed by atoms with Crippen LogP contribution in [0.1, 0.15) is 19.4 Å². The van der Waals surface area contributed by atoms with E-state index in [1.54, 1.807) is 18.0 Å². The fourth-order valence-electron chi connectivity index (χ4n) is 3.48. The van der Waals surface area contributed by atoms with E-state index < -0.39 is 49.9 Å². The number of anilines is 3. The van der Waals surface area contributed by atoms with E-state index in [4.69, 9.17) is 4.74 Å². The summed E-state index contributed by atoms with van der Waals surface area (Å²) in [5.41, 5.74) is -0.470. The maximum Gasteiger partial charge on any atom is 0.416 e. The molecule has 1 aliphatic heterocycles. The number of aromatic nitrogens is 1. The molecule has 194 valence electrons. The molecule has 0 spiro atoms. The molecule has 0 bridgehead atoms. The summed E-state index contributed by atoms with van der Waals surface area (Å²) in [4.78, 5) is 28.4. The Labute approximate surface area is 218 Å². The monoisotopic (exact) mass is 628 g/mol. The van der Waals surface area contributed by atoms with Gasteiger partial charge in [0.1, 0.15) is 5.82 Å². The third-order valence-electron chi connectivity index (χ3n) is 5.16. The van der Waals surface area contributed by atoms with Gasteiger partial charge in [0, 0.05) is 37.1 Å². The third kappa shape index (κ3) is 6.37. The molecule has 0 fully saturated rings. The van der Waals surface area contributed by atoms with E-state index in [1.807, 2.05) is 11.1 Å². The fraction of sp³-hybridized carbons (Fsp3) is 0.160. The zero-order chi connectivity index (χ0) is 26.7. The Hall–Kier alpha value is -3.68. The molecule has 37 heavy (non-hydrogen) atoms. The van der Waals surface area contributed by atoms with Crippen LogP contribution in [-0.4, -0.2) is 21.8 Å². The lowest BCUT2D eigenvalue weighted by Gasteiger charge is -2.18. The van der Waals surface area contributed by atoms with Crippen LogP contribution in [0.25, 0.3) is 11.1 Å². The van der Waals surface area contributed by atoms with Crippen molar-refractivity contribution < 1.29 is 27.1 Å². The van der Waals surface area contributed by atoms with Gasteiger partial charge in [-0.25, -0.2) is 9.18 Å². The number of carbonyl (C=O) groups excluding carboxylic acids is 1. The van der Waals surface area contributed by atoms with Crippen LogP contribution < -0.4 is 25.8 Å². The lowest BCUT2D eigenvalue weighted by molar-refractivity contribution is -0.137. The predicted molar refractivity (Wildman–Crippen MR) is 144 cm³/mol. The highest BCUT2D eigenvalue weighted by Crippen LogP contribution is 2.36. The van der Waals surface area contributed by atoms with Crippen molar-refractivity contribution in [3.05, 3.63) is 80.2 Å². The van der Waals surface area contributed by atoms with Crippen molar-refractivity contribution in [2.45, 2.75) is 20.0 Å². The van der Waals surface area contributed by atoms with Gasteiger partial charge < -0.3 is 25.3 Å². The number of carbonyl (C=O) groups is 1. The molecule has 0 unspecified atom stereocenters. The SMILES string of the molecule is CCOc1cc(-c2ccc(NC(=O)Nc3cc(N4C=IC(C)=C4)cc(C(F)(F)F)c3)c(F)c2)c[nH]c1=O. The van der Waals surface area contributed by atoms with Gasteiger partial charge in [0.25, 0.3) is 5.56 Å². The van der Waals surface area contributed by atoms with E-state index in [0.29, 0.717) is 11.1 Å². The van der Waals surface area contributed by atoms with Crippen LogP contribution >= 0.6 is 20.7 Å². The lowest BCUT2D eigenvalue weighted by atomic mass is 10.1. The molecule has 0 aliphatic carbocycles. The minimum absolute atomic E-state index is 0.0847. The molecule has 0 atom stereocenters. The van der Waals surface area contributed by atoms with Crippen LogP contribution in [0.5, 0.6) is 5.75 Å². The molecule has 3 aromatic rings. The summed E-state index contributed by atoms with van der Waals surface area (Å²) >= 11 is -0.401. The van der Waals surface area contributed by atoms with Gasteiger partial charge in [-0.15, -0.1) is 0 Å². The number of allylic oxidation sites excluding steroid dienone is 1. The number of ether oxygens (including phenoxy) is 1. The number of nitrogens with one attached hydrogen (secondary N) is 3. The van der Waals surface area contributed by atoms with Crippen molar-refractivity contribution in [2.75, 3.05) is 22.1 Å². The maximum atomic E-state index is 14.8. The van der Waals surface area contributed by atoms with E-state index in [-0.39, 0.29) is 29.4 Å². The second-order valence-corrected chi connectivity index (χ2v) is 10.8. The standard InChI is InChI=1S/C25H21F4IN4O3/c1-3-37-22-7-16(11-31-23(22)35)15-4-5-21(20(26)6-15)33-24(36)32-18-8-17(25(27,28)29)9-19(10-18)34-12-14(2)30-13-34/h4-13H,3H2,1-2H3,(H,31,35)(H2,32,33,36). The molecule has 2 heterocycles. The number of alkyl halides is 3. The first kappa shape index (κ1) is 26.4. The number of rotatable bonds is 6. The zero-order valence-electron chi connectivity index (χ0n) is 19.5. The van der Waals surface area contributed by atoms with Crippen LogP contribution in [0, 0.1) is 5.82 Å². The topological polar surface area (TPSA) is 86.5 Å². The van der Waals surface area contributed by atoms with Crippen molar-refractivity contribution in [1.29, 1.82) is 0 Å². The van der Waals surface area contributed by atoms with Crippen molar-refractivity contribution in [1.82, 2.24) is 4.98 Å². The maximum absolute atomic E-state index is 14.8. The van der Waals surface area contributed by atoms with Crippen molar-refractivity contribution in [2.24, 2.45) is 0 Å². The van der Waals surface area contributed by atoms with Gasteiger partial charge in [0.15, 0.2) is 5.75 Å². The number of aromatic amines is 1. The second-order valence-electron chi connectivity index (χ2n) is 7.88. The summed E-state index contributed by atoms with van der Waals surface area (Å²) in [5.74, 6) is -0.695. The normalized spacial score (nSPS) is 13.1. The van der Waals surface area contributed by atoms with Crippen molar-refractivity contribution >= 4 is 48.0 Å². The third-order valence-corrected chi connectivity index (χ3v) is 7.30. The Morgan fingerprint density at radius 2 is 1.89 bits per heavy atom. The minimum Gasteiger partial charge on any atom is -0.488 e. The minimum atomic E-state index is -4.62. The first-order valence-electron chi connectivity index (χ1n) is 10.9. The van der Waals surface area contributed by atoms with Gasteiger partial charge in [-0.05, 0) is 55.8 Å². The van der Waals surface area contributed by atoms with Crippen LogP contribution in [-0.2, 0) is 6.18 Å². The Bertz CT molecular complexity index is 1470. The average Bonchev–Trinajstić information content (AvgIpc) is 3.27. The largest absolute Gasteiger partial charge is 0.488 e. The lowest BCUT2D eigenvalue weighted by Crippen LogP contribution is -2.21. The second kappa shape index (κ2) is 10.7. The number of nitrogens with zero attached hydrogens (tertiary/aromatic N) is 1. The zero-order valence-corrected chi connectivity index (χ0v) is 21.7. The number of amides is 2. The summed E-state index contributed by atoms with van der Waals surface area (Å²) in [7, 11) is 0. The highest BCUT2D eigenvalue weighted by Gasteiger charge is 2.32. The van der Waals surface area contributed by atoms with Crippen LogP contribution in [0.4, 0.5) is 39.4 Å². The molecule has 2 amide bonds. The smallest absolute Gasteiger partial charge is 0.416 e. The Morgan fingerprint density at radius 1 is 1.11 bits per heavy atom. The van der Waals surface area contributed by atoms with Crippen molar-refractivity contribution in [3.8, 4) is 16.9 Å². The van der Waals surface area contributed by atoms with E-state index in [0.717, 1.165) is 21.8 Å². The molecule has 3 N–H and O–H groups in total. The van der Waals surface area contributed by atoms with Gasteiger partial charge in [0.05, 0.1) is 17.9 Å². The Morgan fingerprint density at radius 3 is 2.54 bits per heavy atom. The van der Waals surface area contributed by atoms with Gasteiger partial charge in [-0.3, -0.25) is 4.79 Å². The number of urea groups is 1. The number of hydrogen-bond donors (Lipinski definition) is 3. The van der Waals surface area contributed by atoms with Gasteiger partial charge >= 0.3 is 12.2 Å². The summed E-state index contributed by atoms with van der Waals surface area (Å²) in [6, 6.07) is 7.77. The molecule has 0 radical (unpaired) electrons. The van der Waals surface area contributed by atoms with E-state index >= 15 is 0 Å². The number of hydrogen-bond acceptors (Lipinski definition) is 4. The molecule has 2 aromatic carbocycles. The molecule has 1 aromatic heterocycles. The first-order chi connectivity index (χ1) is 17.5. The summed E-state index contributed by atoms with van der Waals surface area (Å²) < 4.78 is 63.4. The molecular weight excluding hydrogens is 607 g/mol. The molecule has 12 heteroatoms. The average molecular weight is 628 g/mol. The number of benzene rings is 2. The number of H-pyrrole nitrogens is 1. The van der Waals surface area contributed by atoms with E-state index in [1.165, 1.54) is 30.5 Å². The van der Waals surface area contributed by atoms with Crippen LogP contribution in [0.2, 0.25) is 0 Å². The number of pyridine rings is 1. The quantitative estimate of drug-likeness (QED) is 0.211. The molecule has 7 nitrogen and oxygen atoms in total. The molecule has 0 saturated heterocycles. The summed E-state index contributed by atoms with van der Waals surface area (Å²) in [5, 5.41) is 4.67. The van der Waals surface area contributed by atoms with Gasteiger partial charge in [-0.1, -0.05) is 26.8 Å². The fourth-order valence-corrected chi connectivity index (χ4v) is 5.16. The van der Waals surface area contributed by atoms with Gasteiger partial charge in [0.2, 0.25) is 0 Å². The van der Waals surface area contributed by atoms with Gasteiger partial charge in [-0.2, -0.15) is 13.2 Å². The van der Waals surface area contributed by atoms with Crippen LogP contribution in [0.3, 0.4) is 0 Å². The van der Waals surface area contributed by atoms with Crippen LogP contribution in [0.15, 0.2) is 63.2 Å². The first-order valence-corrected chi connectivity index (χ1v) is 13.2. The van der Waals surface area contributed by atoms with E-state index in [9.17, 15) is 27.2 Å². The van der Waals surface area contributed by atoms with Crippen molar-refractivity contribution in [3.63, 3.8) is 0 Å². The van der Waals surface area contributed by atoms with E-state index in [2.05, 4.69) is 15.6 Å². The molecule has 1 aliphatic rings. The number of halogens is 5. The highest BCUT2D eigenvalue weighted by molar-refractivity contribution is 14.2. The molecular formula is C25H21F4IN4O3. The predicted octanol–water partition coefficient (Wildman–Crippen LogP) is 6.65. The Kier molecular flexibility index (Phi) is 7.66. The summed E-state index contributed by atoms with van der Waals surface area (Å²) in [6.07, 6.45) is -1.47. The molecule has 0 saturated carbocycles. The Balaban J connectivity index is 1.53. The highest BCUT2D eigenvalue weighted by atomic mass is 127. The molecule has 4 rings (SSSR count). The summed E-state index contributed by atoms with van der Waals surface area (Å²) in [6.45, 7) is 3.90.